The maximum atomic E-state index is 6.51. The molecule has 17 heavy (non-hydrogen) atoms. The molecule has 88 valence electrons. The highest BCUT2D eigenvalue weighted by Gasteiger charge is 2.25. The van der Waals surface area contributed by atoms with E-state index in [1.54, 1.807) is 0 Å². The summed E-state index contributed by atoms with van der Waals surface area (Å²) in [6.07, 6.45) is 0. The number of aryl methyl sites for hydroxylation is 1. The Hall–Kier alpha value is -0.870. The van der Waals surface area contributed by atoms with E-state index in [4.69, 9.17) is 5.73 Å². The van der Waals surface area contributed by atoms with Gasteiger partial charge in [0.15, 0.2) is 0 Å². The molecule has 0 spiro atoms. The Morgan fingerprint density at radius 1 is 1.00 bits per heavy atom. The molecule has 0 saturated carbocycles. The Kier molecular flexibility index (Phi) is 3.54. The van der Waals surface area contributed by atoms with Gasteiger partial charge in [0, 0.05) is 3.57 Å². The molecular formula is C15H16IN. The zero-order valence-electron chi connectivity index (χ0n) is 10.1. The van der Waals surface area contributed by atoms with Gasteiger partial charge in [0.05, 0.1) is 5.54 Å². The van der Waals surface area contributed by atoms with Crippen LogP contribution in [-0.4, -0.2) is 0 Å². The molecule has 1 nitrogen and oxygen atoms in total. The molecule has 0 aliphatic rings. The quantitative estimate of drug-likeness (QED) is 0.829. The third-order valence-corrected chi connectivity index (χ3v) is 4.03. The lowest BCUT2D eigenvalue weighted by Crippen LogP contribution is -2.35. The van der Waals surface area contributed by atoms with Gasteiger partial charge in [-0.25, -0.2) is 0 Å². The van der Waals surface area contributed by atoms with Crippen molar-refractivity contribution in [2.75, 3.05) is 0 Å². The maximum absolute atomic E-state index is 6.51. The predicted molar refractivity (Wildman–Crippen MR) is 81.0 cm³/mol. The molecule has 0 aliphatic carbocycles. The highest BCUT2D eigenvalue weighted by atomic mass is 127. The summed E-state index contributed by atoms with van der Waals surface area (Å²) in [6, 6.07) is 16.7. The monoisotopic (exact) mass is 337 g/mol. The van der Waals surface area contributed by atoms with E-state index in [0.29, 0.717) is 0 Å². The van der Waals surface area contributed by atoms with E-state index in [9.17, 15) is 0 Å². The van der Waals surface area contributed by atoms with Crippen LogP contribution in [0, 0.1) is 10.5 Å². The van der Waals surface area contributed by atoms with Gasteiger partial charge in [-0.15, -0.1) is 0 Å². The highest BCUT2D eigenvalue weighted by Crippen LogP contribution is 2.29. The third-order valence-electron chi connectivity index (χ3n) is 3.08. The Bertz CT molecular complexity index is 515. The van der Waals surface area contributed by atoms with Crippen molar-refractivity contribution in [2.45, 2.75) is 19.4 Å². The number of hydrogen-bond donors (Lipinski definition) is 1. The van der Waals surface area contributed by atoms with Gasteiger partial charge in [0.1, 0.15) is 0 Å². The largest absolute Gasteiger partial charge is 0.318 e. The van der Waals surface area contributed by atoms with Crippen molar-refractivity contribution >= 4 is 22.6 Å². The van der Waals surface area contributed by atoms with Crippen LogP contribution in [0.25, 0.3) is 0 Å². The van der Waals surface area contributed by atoms with Gasteiger partial charge in [-0.2, -0.15) is 0 Å². The second kappa shape index (κ2) is 4.78. The van der Waals surface area contributed by atoms with E-state index in [1.807, 2.05) is 12.1 Å². The van der Waals surface area contributed by atoms with Crippen molar-refractivity contribution in [3.8, 4) is 0 Å². The van der Waals surface area contributed by atoms with Gasteiger partial charge in [0.2, 0.25) is 0 Å². The lowest BCUT2D eigenvalue weighted by Gasteiger charge is -2.27. The summed E-state index contributed by atoms with van der Waals surface area (Å²) in [5.74, 6) is 0. The van der Waals surface area contributed by atoms with Gasteiger partial charge >= 0.3 is 0 Å². The zero-order chi connectivity index (χ0) is 12.5. The summed E-state index contributed by atoms with van der Waals surface area (Å²) in [5.41, 5.74) is 9.64. The first-order valence-corrected chi connectivity index (χ1v) is 6.71. The van der Waals surface area contributed by atoms with Gasteiger partial charge < -0.3 is 5.73 Å². The molecule has 0 bridgehead atoms. The summed E-state index contributed by atoms with van der Waals surface area (Å²) in [7, 11) is 0. The van der Waals surface area contributed by atoms with Crippen molar-refractivity contribution < 1.29 is 0 Å². The topological polar surface area (TPSA) is 26.0 Å². The highest BCUT2D eigenvalue weighted by molar-refractivity contribution is 14.1. The molecule has 1 unspecified atom stereocenters. The zero-order valence-corrected chi connectivity index (χ0v) is 12.2. The molecule has 2 aromatic rings. The molecule has 0 amide bonds. The Morgan fingerprint density at radius 3 is 2.18 bits per heavy atom. The Labute approximate surface area is 116 Å². The first-order chi connectivity index (χ1) is 8.01. The summed E-state index contributed by atoms with van der Waals surface area (Å²) < 4.78 is 1.20. The van der Waals surface area contributed by atoms with Crippen LogP contribution in [0.2, 0.25) is 0 Å². The molecule has 2 aromatic carbocycles. The lowest BCUT2D eigenvalue weighted by atomic mass is 9.85. The molecule has 0 radical (unpaired) electrons. The van der Waals surface area contributed by atoms with Crippen molar-refractivity contribution in [1.82, 2.24) is 0 Å². The minimum absolute atomic E-state index is 0.439. The second-order valence-corrected chi connectivity index (χ2v) is 5.71. The van der Waals surface area contributed by atoms with E-state index in [-0.39, 0.29) is 0 Å². The molecule has 1 atom stereocenters. The van der Waals surface area contributed by atoms with Crippen LogP contribution in [0.4, 0.5) is 0 Å². The summed E-state index contributed by atoms with van der Waals surface area (Å²) in [4.78, 5) is 0. The average Bonchev–Trinajstić information content (AvgIpc) is 2.30. The fraction of sp³-hybridized carbons (Fsp3) is 0.200. The van der Waals surface area contributed by atoms with E-state index in [1.165, 1.54) is 14.7 Å². The molecule has 0 aromatic heterocycles. The van der Waals surface area contributed by atoms with Crippen LogP contribution in [0.5, 0.6) is 0 Å². The molecule has 2 rings (SSSR count). The third kappa shape index (κ3) is 2.53. The van der Waals surface area contributed by atoms with Crippen molar-refractivity contribution in [1.29, 1.82) is 0 Å². The minimum Gasteiger partial charge on any atom is -0.318 e. The van der Waals surface area contributed by atoms with Crippen molar-refractivity contribution in [3.05, 3.63) is 68.8 Å². The molecule has 2 heteroatoms. The van der Waals surface area contributed by atoms with E-state index in [0.717, 1.165) is 5.56 Å². The molecule has 0 heterocycles. The summed E-state index contributed by atoms with van der Waals surface area (Å²) in [6.45, 7) is 4.15. The molecule has 0 aliphatic heterocycles. The molecule has 2 N–H and O–H groups in total. The fourth-order valence-electron chi connectivity index (χ4n) is 1.94. The van der Waals surface area contributed by atoms with Gasteiger partial charge in [-0.05, 0) is 53.6 Å². The SMILES string of the molecule is Cc1ccc(C(C)(N)c2ccccc2I)cc1. The number of halogens is 1. The van der Waals surface area contributed by atoms with Gasteiger partial charge in [0.25, 0.3) is 0 Å². The summed E-state index contributed by atoms with van der Waals surface area (Å²) >= 11 is 2.34. The number of benzene rings is 2. The van der Waals surface area contributed by atoms with Crippen molar-refractivity contribution in [2.24, 2.45) is 5.73 Å². The number of rotatable bonds is 2. The molecule has 0 fully saturated rings. The van der Waals surface area contributed by atoms with Crippen LogP contribution < -0.4 is 5.73 Å². The van der Waals surface area contributed by atoms with Crippen LogP contribution in [0.1, 0.15) is 23.6 Å². The average molecular weight is 337 g/mol. The lowest BCUT2D eigenvalue weighted by molar-refractivity contribution is 0.599. The van der Waals surface area contributed by atoms with E-state index in [2.05, 4.69) is 72.8 Å². The van der Waals surface area contributed by atoms with Crippen molar-refractivity contribution in [3.63, 3.8) is 0 Å². The fourth-order valence-corrected chi connectivity index (χ4v) is 2.89. The minimum atomic E-state index is -0.439. The Morgan fingerprint density at radius 2 is 1.59 bits per heavy atom. The second-order valence-electron chi connectivity index (χ2n) is 4.55. The first kappa shape index (κ1) is 12.6. The van der Waals surface area contributed by atoms with Crippen LogP contribution in [0.15, 0.2) is 48.5 Å². The standard InChI is InChI=1S/C15H16IN/c1-11-7-9-12(10-8-11)15(2,17)13-5-3-4-6-14(13)16/h3-10H,17H2,1-2H3. The maximum Gasteiger partial charge on any atom is 0.0647 e. The van der Waals surface area contributed by atoms with Gasteiger partial charge in [-0.3, -0.25) is 0 Å². The Balaban J connectivity index is 2.49. The normalized spacial score (nSPS) is 14.4. The number of hydrogen-bond acceptors (Lipinski definition) is 1. The van der Waals surface area contributed by atoms with E-state index < -0.39 is 5.54 Å². The van der Waals surface area contributed by atoms with Crippen LogP contribution in [-0.2, 0) is 5.54 Å². The summed E-state index contributed by atoms with van der Waals surface area (Å²) in [5, 5.41) is 0. The number of nitrogens with two attached hydrogens (primary N) is 1. The van der Waals surface area contributed by atoms with Crippen LogP contribution >= 0.6 is 22.6 Å². The van der Waals surface area contributed by atoms with E-state index >= 15 is 0 Å². The van der Waals surface area contributed by atoms with Crippen LogP contribution in [0.3, 0.4) is 0 Å². The molecular weight excluding hydrogens is 321 g/mol. The smallest absolute Gasteiger partial charge is 0.0647 e. The predicted octanol–water partition coefficient (Wildman–Crippen LogP) is 3.82. The first-order valence-electron chi connectivity index (χ1n) is 5.63. The van der Waals surface area contributed by atoms with Gasteiger partial charge in [-0.1, -0.05) is 48.0 Å². The molecule has 0 saturated heterocycles.